The lowest BCUT2D eigenvalue weighted by Crippen LogP contribution is -2.31. The Balaban J connectivity index is 1.45. The minimum atomic E-state index is -0.172. The van der Waals surface area contributed by atoms with Gasteiger partial charge in [-0.25, -0.2) is 0 Å². The van der Waals surface area contributed by atoms with Gasteiger partial charge in [-0.1, -0.05) is 29.3 Å². The highest BCUT2D eigenvalue weighted by molar-refractivity contribution is 6.30. The van der Waals surface area contributed by atoms with E-state index in [-0.39, 0.29) is 23.8 Å². The van der Waals surface area contributed by atoms with Crippen molar-refractivity contribution in [2.75, 3.05) is 6.54 Å². The lowest BCUT2D eigenvalue weighted by molar-refractivity contribution is 0.0944. The maximum Gasteiger partial charge on any atom is 0.267 e. The van der Waals surface area contributed by atoms with Crippen molar-refractivity contribution in [1.29, 1.82) is 0 Å². The Morgan fingerprint density at radius 1 is 1.30 bits per heavy atom. The first-order valence-corrected chi connectivity index (χ1v) is 7.90. The molecule has 120 valence electrons. The lowest BCUT2D eigenvalue weighted by atomic mass is 10.1. The molecule has 2 amide bonds. The molecule has 2 atom stereocenters. The topological polar surface area (TPSA) is 74.0 Å². The standard InChI is InChI=1S/C17H18ClN3O2/c1-10-3-2-4-11(5-10)16(22)20-8-12-6-14(12)21-17(23)15-7-13(18)9-19-15/h2-5,7,9,12,14,19H,6,8H2,1H3,(H,20,22)(H,21,23)/t12-,14-/m0/s1. The second kappa shape index (κ2) is 6.46. The maximum absolute atomic E-state index is 12.1. The van der Waals surface area contributed by atoms with Gasteiger partial charge in [0.05, 0.1) is 5.02 Å². The minimum absolute atomic E-state index is 0.0816. The molecule has 1 aromatic carbocycles. The molecular formula is C17H18ClN3O2. The summed E-state index contributed by atoms with van der Waals surface area (Å²) in [5, 5.41) is 6.35. The molecule has 1 heterocycles. The zero-order chi connectivity index (χ0) is 16.4. The number of aromatic nitrogens is 1. The van der Waals surface area contributed by atoms with E-state index in [9.17, 15) is 9.59 Å². The first-order chi connectivity index (χ1) is 11.0. The van der Waals surface area contributed by atoms with Crippen molar-refractivity contribution >= 4 is 23.4 Å². The average Bonchev–Trinajstić information content (AvgIpc) is 3.11. The van der Waals surface area contributed by atoms with Gasteiger partial charge in [-0.2, -0.15) is 0 Å². The van der Waals surface area contributed by atoms with Crippen molar-refractivity contribution in [3.63, 3.8) is 0 Å². The summed E-state index contributed by atoms with van der Waals surface area (Å²) in [6, 6.07) is 9.16. The summed E-state index contributed by atoms with van der Waals surface area (Å²) in [6.07, 6.45) is 2.44. The molecule has 3 N–H and O–H groups in total. The minimum Gasteiger partial charge on any atom is -0.356 e. The van der Waals surface area contributed by atoms with Gasteiger partial charge in [-0.3, -0.25) is 9.59 Å². The van der Waals surface area contributed by atoms with Crippen LogP contribution in [0.15, 0.2) is 36.5 Å². The van der Waals surface area contributed by atoms with Crippen molar-refractivity contribution in [1.82, 2.24) is 15.6 Å². The zero-order valence-corrected chi connectivity index (χ0v) is 13.5. The van der Waals surface area contributed by atoms with E-state index in [1.165, 1.54) is 0 Å². The summed E-state index contributed by atoms with van der Waals surface area (Å²) in [7, 11) is 0. The Labute approximate surface area is 139 Å². The lowest BCUT2D eigenvalue weighted by Gasteiger charge is -2.06. The van der Waals surface area contributed by atoms with Gasteiger partial charge in [0.25, 0.3) is 11.8 Å². The fourth-order valence-corrected chi connectivity index (χ4v) is 2.67. The number of carbonyl (C=O) groups excluding carboxylic acids is 2. The molecule has 1 aromatic heterocycles. The van der Waals surface area contributed by atoms with Crippen LogP contribution < -0.4 is 10.6 Å². The van der Waals surface area contributed by atoms with Crippen LogP contribution in [-0.4, -0.2) is 29.4 Å². The Kier molecular flexibility index (Phi) is 4.39. The van der Waals surface area contributed by atoms with Crippen LogP contribution in [0.4, 0.5) is 0 Å². The van der Waals surface area contributed by atoms with Crippen LogP contribution in [0.5, 0.6) is 0 Å². The van der Waals surface area contributed by atoms with Gasteiger partial charge in [0.15, 0.2) is 0 Å². The summed E-state index contributed by atoms with van der Waals surface area (Å²) >= 11 is 5.78. The SMILES string of the molecule is Cc1cccc(C(=O)NC[C@@H]2C[C@@H]2NC(=O)c2cc(Cl)c[nH]2)c1. The van der Waals surface area contributed by atoms with E-state index in [4.69, 9.17) is 11.6 Å². The van der Waals surface area contributed by atoms with Gasteiger partial charge in [-0.15, -0.1) is 0 Å². The van der Waals surface area contributed by atoms with Crippen LogP contribution in [0.3, 0.4) is 0 Å². The van der Waals surface area contributed by atoms with E-state index in [1.54, 1.807) is 18.3 Å². The number of hydrogen-bond donors (Lipinski definition) is 3. The summed E-state index contributed by atoms with van der Waals surface area (Å²) in [6.45, 7) is 2.51. The highest BCUT2D eigenvalue weighted by Crippen LogP contribution is 2.29. The fraction of sp³-hybridized carbons (Fsp3) is 0.294. The van der Waals surface area contributed by atoms with Crippen molar-refractivity contribution in [2.24, 2.45) is 5.92 Å². The third kappa shape index (κ3) is 3.93. The second-order valence-corrected chi connectivity index (χ2v) is 6.32. The Bertz CT molecular complexity index is 741. The molecule has 1 aliphatic rings. The number of H-pyrrole nitrogens is 1. The van der Waals surface area contributed by atoms with Crippen LogP contribution in [0.1, 0.15) is 32.8 Å². The molecule has 0 bridgehead atoms. The second-order valence-electron chi connectivity index (χ2n) is 5.89. The van der Waals surface area contributed by atoms with Crippen LogP contribution in [0, 0.1) is 12.8 Å². The van der Waals surface area contributed by atoms with Gasteiger partial charge >= 0.3 is 0 Å². The van der Waals surface area contributed by atoms with Gasteiger partial charge in [0.2, 0.25) is 0 Å². The number of amides is 2. The third-order valence-corrected chi connectivity index (χ3v) is 4.15. The summed E-state index contributed by atoms with van der Waals surface area (Å²) in [5.74, 6) is 0.0226. The molecule has 5 nitrogen and oxygen atoms in total. The summed E-state index contributed by atoms with van der Waals surface area (Å²) in [4.78, 5) is 26.8. The fourth-order valence-electron chi connectivity index (χ4n) is 2.51. The number of aromatic amines is 1. The van der Waals surface area contributed by atoms with E-state index in [1.807, 2.05) is 25.1 Å². The number of rotatable bonds is 5. The van der Waals surface area contributed by atoms with E-state index in [0.29, 0.717) is 22.8 Å². The van der Waals surface area contributed by atoms with Gasteiger partial charge < -0.3 is 15.6 Å². The largest absolute Gasteiger partial charge is 0.356 e. The van der Waals surface area contributed by atoms with E-state index in [2.05, 4.69) is 15.6 Å². The number of aryl methyl sites for hydroxylation is 1. The van der Waals surface area contributed by atoms with Crippen molar-refractivity contribution in [3.05, 3.63) is 58.4 Å². The zero-order valence-electron chi connectivity index (χ0n) is 12.7. The van der Waals surface area contributed by atoms with Crippen LogP contribution in [0.25, 0.3) is 0 Å². The molecule has 0 spiro atoms. The number of halogens is 1. The molecule has 6 heteroatoms. The molecule has 0 radical (unpaired) electrons. The molecule has 23 heavy (non-hydrogen) atoms. The van der Waals surface area contributed by atoms with Crippen LogP contribution in [0.2, 0.25) is 5.02 Å². The van der Waals surface area contributed by atoms with Crippen molar-refractivity contribution in [2.45, 2.75) is 19.4 Å². The van der Waals surface area contributed by atoms with Crippen molar-refractivity contribution in [3.8, 4) is 0 Å². The number of hydrogen-bond acceptors (Lipinski definition) is 2. The van der Waals surface area contributed by atoms with Gasteiger partial charge in [0.1, 0.15) is 5.69 Å². The number of nitrogens with one attached hydrogen (secondary N) is 3. The highest BCUT2D eigenvalue weighted by Gasteiger charge is 2.38. The first kappa shape index (κ1) is 15.6. The highest BCUT2D eigenvalue weighted by atomic mass is 35.5. The molecule has 1 fully saturated rings. The molecular weight excluding hydrogens is 314 g/mol. The van der Waals surface area contributed by atoms with Crippen molar-refractivity contribution < 1.29 is 9.59 Å². The number of benzene rings is 1. The molecule has 0 unspecified atom stereocenters. The molecule has 0 aliphatic heterocycles. The first-order valence-electron chi connectivity index (χ1n) is 7.52. The van der Waals surface area contributed by atoms with E-state index >= 15 is 0 Å². The van der Waals surface area contributed by atoms with E-state index in [0.717, 1.165) is 12.0 Å². The van der Waals surface area contributed by atoms with Crippen LogP contribution in [-0.2, 0) is 0 Å². The predicted octanol–water partition coefficient (Wildman–Crippen LogP) is 2.52. The average molecular weight is 332 g/mol. The smallest absolute Gasteiger partial charge is 0.267 e. The van der Waals surface area contributed by atoms with Gasteiger partial charge in [-0.05, 0) is 37.5 Å². The molecule has 0 saturated heterocycles. The predicted molar refractivity (Wildman–Crippen MR) is 88.7 cm³/mol. The normalized spacial score (nSPS) is 19.2. The molecule has 3 rings (SSSR count). The summed E-state index contributed by atoms with van der Waals surface area (Å²) < 4.78 is 0. The molecule has 1 saturated carbocycles. The Hall–Kier alpha value is -2.27. The van der Waals surface area contributed by atoms with E-state index < -0.39 is 0 Å². The Morgan fingerprint density at radius 3 is 2.83 bits per heavy atom. The maximum atomic E-state index is 12.1. The third-order valence-electron chi connectivity index (χ3n) is 3.94. The monoisotopic (exact) mass is 331 g/mol. The summed E-state index contributed by atoms with van der Waals surface area (Å²) in [5.41, 5.74) is 2.16. The molecule has 2 aromatic rings. The quantitative estimate of drug-likeness (QED) is 0.787. The number of carbonyl (C=O) groups is 2. The van der Waals surface area contributed by atoms with Gasteiger partial charge in [0, 0.05) is 24.3 Å². The Morgan fingerprint density at radius 2 is 2.13 bits per heavy atom. The molecule has 1 aliphatic carbocycles. The van der Waals surface area contributed by atoms with Crippen LogP contribution >= 0.6 is 11.6 Å².